The predicted molar refractivity (Wildman–Crippen MR) is 116 cm³/mol. The molecule has 0 fully saturated rings. The first-order valence-electron chi connectivity index (χ1n) is 9.03. The van der Waals surface area contributed by atoms with Gasteiger partial charge in [0.1, 0.15) is 32.9 Å². The monoisotopic (exact) mass is 376 g/mol. The van der Waals surface area contributed by atoms with Gasteiger partial charge in [0.2, 0.25) is 0 Å². The summed E-state index contributed by atoms with van der Waals surface area (Å²) in [6.07, 6.45) is 2.75. The van der Waals surface area contributed by atoms with E-state index in [9.17, 15) is 0 Å². The molecule has 0 rings (SSSR count). The van der Waals surface area contributed by atoms with E-state index in [0.29, 0.717) is 0 Å². The van der Waals surface area contributed by atoms with Crippen molar-refractivity contribution in [1.29, 1.82) is 0 Å². The van der Waals surface area contributed by atoms with Gasteiger partial charge < -0.3 is 8.46 Å². The first-order chi connectivity index (χ1) is 9.47. The van der Waals surface area contributed by atoms with Crippen molar-refractivity contribution in [3.8, 4) is 0 Å². The summed E-state index contributed by atoms with van der Waals surface area (Å²) >= 11 is 0. The van der Waals surface area contributed by atoms with Crippen LogP contribution in [0.1, 0.15) is 12.8 Å². The molecule has 2 nitrogen and oxygen atoms in total. The number of unbranched alkanes of at least 4 members (excludes halogenated alkanes) is 1. The molecule has 0 radical (unpaired) electrons. The van der Waals surface area contributed by atoms with Crippen molar-refractivity contribution in [3.63, 3.8) is 0 Å². The smallest absolute Gasteiger partial charge is 0.112 e. The molecular formula is C16H44N2Si4. The molecule has 0 amide bonds. The fourth-order valence-corrected chi connectivity index (χ4v) is 23.3. The van der Waals surface area contributed by atoms with E-state index in [4.69, 9.17) is 0 Å². The Morgan fingerprint density at radius 1 is 0.409 bits per heavy atom. The topological polar surface area (TPSA) is 6.48 Å². The fourth-order valence-electron chi connectivity index (χ4n) is 3.89. The Labute approximate surface area is 146 Å². The molecule has 0 aromatic carbocycles. The summed E-state index contributed by atoms with van der Waals surface area (Å²) < 4.78 is 5.88. The lowest BCUT2D eigenvalue weighted by Crippen LogP contribution is -2.60. The van der Waals surface area contributed by atoms with Gasteiger partial charge in [-0.25, -0.2) is 0 Å². The zero-order valence-corrected chi connectivity index (χ0v) is 21.7. The summed E-state index contributed by atoms with van der Waals surface area (Å²) in [6, 6.07) is 0. The Hall–Kier alpha value is 0.788. The van der Waals surface area contributed by atoms with Gasteiger partial charge in [-0.1, -0.05) is 78.6 Å². The van der Waals surface area contributed by atoms with Gasteiger partial charge in [-0.05, 0) is 25.9 Å². The standard InChI is InChI=1S/C16H44N2Si4/c1-19(2,3)17(20(4,5)6)15-13-14-16-18(21(7,8)9)22(10,11)12/h13-16H2,1-12H3. The van der Waals surface area contributed by atoms with Crippen molar-refractivity contribution >= 4 is 32.9 Å². The summed E-state index contributed by atoms with van der Waals surface area (Å²) in [5.41, 5.74) is 0. The number of hydrogen-bond acceptors (Lipinski definition) is 2. The highest BCUT2D eigenvalue weighted by atomic mass is 28.4. The third kappa shape index (κ3) is 8.06. The largest absolute Gasteiger partial charge is 0.346 e. The number of nitrogens with zero attached hydrogens (tertiary/aromatic N) is 2. The molecule has 0 aromatic heterocycles. The highest BCUT2D eigenvalue weighted by Gasteiger charge is 2.35. The SMILES string of the molecule is C[Si](C)(C)N(CCCCN([Si](C)(C)C)[Si](C)(C)C)[Si](C)(C)C. The number of hydrogen-bond donors (Lipinski definition) is 0. The van der Waals surface area contributed by atoms with Crippen LogP contribution in [0.2, 0.25) is 78.6 Å². The van der Waals surface area contributed by atoms with E-state index >= 15 is 0 Å². The normalized spacial score (nSPS) is 15.0. The Morgan fingerprint density at radius 3 is 0.727 bits per heavy atom. The molecule has 0 aromatic rings. The Balaban J connectivity index is 4.63. The van der Waals surface area contributed by atoms with E-state index in [-0.39, 0.29) is 0 Å². The summed E-state index contributed by atoms with van der Waals surface area (Å²) in [5.74, 6) is 0. The second-order valence-corrected chi connectivity index (χ2v) is 31.1. The van der Waals surface area contributed by atoms with Gasteiger partial charge in [-0.3, -0.25) is 0 Å². The molecule has 0 heterocycles. The molecule has 0 N–H and O–H groups in total. The third-order valence-electron chi connectivity index (χ3n) is 4.25. The second kappa shape index (κ2) is 7.78. The van der Waals surface area contributed by atoms with Crippen LogP contribution in [0.4, 0.5) is 0 Å². The van der Waals surface area contributed by atoms with Crippen molar-refractivity contribution < 1.29 is 0 Å². The molecule has 0 unspecified atom stereocenters. The van der Waals surface area contributed by atoms with E-state index in [2.05, 4.69) is 87.0 Å². The van der Waals surface area contributed by atoms with Crippen LogP contribution in [-0.2, 0) is 0 Å². The van der Waals surface area contributed by atoms with Crippen LogP contribution in [0.15, 0.2) is 0 Å². The minimum absolute atomic E-state index is 1.17. The van der Waals surface area contributed by atoms with Crippen LogP contribution in [0.3, 0.4) is 0 Å². The summed E-state index contributed by atoms with van der Waals surface area (Å²) in [7, 11) is -4.69. The van der Waals surface area contributed by atoms with Crippen molar-refractivity contribution in [2.75, 3.05) is 13.1 Å². The lowest BCUT2D eigenvalue weighted by atomic mass is 10.3. The van der Waals surface area contributed by atoms with Gasteiger partial charge in [0.15, 0.2) is 0 Å². The van der Waals surface area contributed by atoms with E-state index < -0.39 is 32.9 Å². The van der Waals surface area contributed by atoms with Gasteiger partial charge >= 0.3 is 0 Å². The van der Waals surface area contributed by atoms with Crippen LogP contribution in [0.25, 0.3) is 0 Å². The van der Waals surface area contributed by atoms with Crippen molar-refractivity contribution in [2.45, 2.75) is 91.4 Å². The van der Waals surface area contributed by atoms with Crippen molar-refractivity contribution in [3.05, 3.63) is 0 Å². The maximum absolute atomic E-state index is 2.94. The second-order valence-electron chi connectivity index (χ2n) is 10.7. The van der Waals surface area contributed by atoms with Gasteiger partial charge in [-0.15, -0.1) is 0 Å². The molecule has 0 saturated heterocycles. The molecule has 6 heteroatoms. The van der Waals surface area contributed by atoms with Crippen LogP contribution >= 0.6 is 0 Å². The quantitative estimate of drug-likeness (QED) is 0.375. The summed E-state index contributed by atoms with van der Waals surface area (Å²) in [4.78, 5) is 0. The maximum atomic E-state index is 2.94. The molecule has 0 bridgehead atoms. The third-order valence-corrected chi connectivity index (χ3v) is 19.7. The zero-order valence-electron chi connectivity index (χ0n) is 17.7. The molecule has 0 aliphatic heterocycles. The Morgan fingerprint density at radius 2 is 0.591 bits per heavy atom. The lowest BCUT2D eigenvalue weighted by Gasteiger charge is -2.45. The molecule has 22 heavy (non-hydrogen) atoms. The minimum Gasteiger partial charge on any atom is -0.346 e. The molecule has 0 saturated carbocycles. The first-order valence-corrected chi connectivity index (χ1v) is 22.8. The molecule has 0 aliphatic rings. The molecule has 0 spiro atoms. The van der Waals surface area contributed by atoms with Crippen molar-refractivity contribution in [2.24, 2.45) is 0 Å². The molecule has 0 aliphatic carbocycles. The highest BCUT2D eigenvalue weighted by Crippen LogP contribution is 2.22. The predicted octanol–water partition coefficient (Wildman–Crippen LogP) is 5.71. The van der Waals surface area contributed by atoms with Gasteiger partial charge in [0.05, 0.1) is 0 Å². The van der Waals surface area contributed by atoms with E-state index in [1.165, 1.54) is 25.9 Å². The average Bonchev–Trinajstić information content (AvgIpc) is 2.14. The van der Waals surface area contributed by atoms with Crippen molar-refractivity contribution in [1.82, 2.24) is 8.46 Å². The first kappa shape index (κ1) is 22.8. The molecule has 134 valence electrons. The van der Waals surface area contributed by atoms with E-state index in [1.807, 2.05) is 0 Å². The van der Waals surface area contributed by atoms with Gasteiger partial charge in [-0.2, -0.15) is 0 Å². The summed E-state index contributed by atoms with van der Waals surface area (Å²) in [5, 5.41) is 0. The Bertz CT molecular complexity index is 270. The molecular weight excluding hydrogens is 333 g/mol. The molecule has 0 atom stereocenters. The fraction of sp³-hybridized carbons (Fsp3) is 1.00. The van der Waals surface area contributed by atoms with Crippen LogP contribution < -0.4 is 0 Å². The van der Waals surface area contributed by atoms with Crippen LogP contribution in [-0.4, -0.2) is 54.5 Å². The zero-order chi connectivity index (χ0) is 18.0. The van der Waals surface area contributed by atoms with Gasteiger partial charge in [0, 0.05) is 0 Å². The highest BCUT2D eigenvalue weighted by molar-refractivity contribution is 6.90. The van der Waals surface area contributed by atoms with E-state index in [0.717, 1.165) is 0 Å². The number of rotatable bonds is 9. The van der Waals surface area contributed by atoms with Gasteiger partial charge in [0.25, 0.3) is 0 Å². The Kier molecular flexibility index (Phi) is 8.06. The van der Waals surface area contributed by atoms with Crippen LogP contribution in [0.5, 0.6) is 0 Å². The van der Waals surface area contributed by atoms with Crippen LogP contribution in [0, 0.1) is 0 Å². The maximum Gasteiger partial charge on any atom is 0.112 e. The average molecular weight is 377 g/mol. The van der Waals surface area contributed by atoms with E-state index in [1.54, 1.807) is 0 Å². The summed E-state index contributed by atoms with van der Waals surface area (Å²) in [6.45, 7) is 32.8. The lowest BCUT2D eigenvalue weighted by molar-refractivity contribution is 0.512. The minimum atomic E-state index is -1.17.